The lowest BCUT2D eigenvalue weighted by Crippen LogP contribution is -2.51. The maximum Gasteiger partial charge on any atom is 0.317 e. The van der Waals surface area contributed by atoms with Crippen LogP contribution < -0.4 is 10.1 Å². The lowest BCUT2D eigenvalue weighted by Gasteiger charge is -2.37. The second-order valence-electron chi connectivity index (χ2n) is 9.54. The highest BCUT2D eigenvalue weighted by Gasteiger charge is 2.34. The Bertz CT molecular complexity index is 985. The van der Waals surface area contributed by atoms with Crippen LogP contribution in [0.15, 0.2) is 35.7 Å². The SMILES string of the molecule is CCNC(=O)N(CC(=O)N1CCc2sccc2C1COc1ccc(C(C)C)cc1)CC1CCCO1. The lowest BCUT2D eigenvalue weighted by molar-refractivity contribution is -0.135. The van der Waals surface area contributed by atoms with Gasteiger partial charge in [-0.1, -0.05) is 26.0 Å². The number of thiophene rings is 1. The number of benzene rings is 1. The molecule has 190 valence electrons. The Morgan fingerprint density at radius 1 is 1.26 bits per heavy atom. The summed E-state index contributed by atoms with van der Waals surface area (Å²) in [6.45, 7) is 8.91. The molecular weight excluding hydrogens is 462 g/mol. The van der Waals surface area contributed by atoms with Crippen LogP contribution >= 0.6 is 11.3 Å². The Morgan fingerprint density at radius 3 is 2.74 bits per heavy atom. The predicted octanol–water partition coefficient (Wildman–Crippen LogP) is 4.59. The third kappa shape index (κ3) is 6.35. The minimum atomic E-state index is -0.220. The number of amides is 3. The number of ether oxygens (including phenoxy) is 2. The van der Waals surface area contributed by atoms with Crippen molar-refractivity contribution in [1.29, 1.82) is 0 Å². The first kappa shape index (κ1) is 25.5. The fourth-order valence-corrected chi connectivity index (χ4v) is 5.70. The van der Waals surface area contributed by atoms with Crippen LogP contribution in [0.3, 0.4) is 0 Å². The van der Waals surface area contributed by atoms with Crippen LogP contribution in [-0.2, 0) is 16.0 Å². The van der Waals surface area contributed by atoms with Crippen molar-refractivity contribution in [1.82, 2.24) is 15.1 Å². The molecule has 35 heavy (non-hydrogen) atoms. The van der Waals surface area contributed by atoms with Gasteiger partial charge in [-0.2, -0.15) is 0 Å². The summed E-state index contributed by atoms with van der Waals surface area (Å²) >= 11 is 1.73. The van der Waals surface area contributed by atoms with Crippen LogP contribution in [0.2, 0.25) is 0 Å². The number of hydrogen-bond acceptors (Lipinski definition) is 5. The van der Waals surface area contributed by atoms with E-state index in [1.165, 1.54) is 10.4 Å². The van der Waals surface area contributed by atoms with Crippen LogP contribution in [0.1, 0.15) is 61.6 Å². The minimum Gasteiger partial charge on any atom is -0.491 e. The Labute approximate surface area is 212 Å². The molecule has 1 N–H and O–H groups in total. The van der Waals surface area contributed by atoms with Crippen molar-refractivity contribution in [2.75, 3.05) is 39.4 Å². The largest absolute Gasteiger partial charge is 0.491 e. The lowest BCUT2D eigenvalue weighted by atomic mass is 10.00. The summed E-state index contributed by atoms with van der Waals surface area (Å²) in [4.78, 5) is 31.1. The summed E-state index contributed by atoms with van der Waals surface area (Å²) in [7, 11) is 0. The van der Waals surface area contributed by atoms with Crippen molar-refractivity contribution < 1.29 is 19.1 Å². The smallest absolute Gasteiger partial charge is 0.317 e. The zero-order valence-electron chi connectivity index (χ0n) is 21.0. The molecule has 0 aliphatic carbocycles. The topological polar surface area (TPSA) is 71.1 Å². The molecule has 8 heteroatoms. The van der Waals surface area contributed by atoms with Crippen LogP contribution in [0.25, 0.3) is 0 Å². The first-order valence-electron chi connectivity index (χ1n) is 12.7. The van der Waals surface area contributed by atoms with E-state index in [4.69, 9.17) is 9.47 Å². The normalized spacial score (nSPS) is 19.5. The average molecular weight is 500 g/mol. The van der Waals surface area contributed by atoms with E-state index >= 15 is 0 Å². The molecule has 1 aromatic heterocycles. The van der Waals surface area contributed by atoms with Gasteiger partial charge in [0, 0.05) is 31.1 Å². The summed E-state index contributed by atoms with van der Waals surface area (Å²) in [5, 5.41) is 4.93. The highest BCUT2D eigenvalue weighted by Crippen LogP contribution is 2.34. The van der Waals surface area contributed by atoms with E-state index in [2.05, 4.69) is 42.7 Å². The predicted molar refractivity (Wildman–Crippen MR) is 138 cm³/mol. The number of nitrogens with one attached hydrogen (secondary N) is 1. The highest BCUT2D eigenvalue weighted by molar-refractivity contribution is 7.10. The van der Waals surface area contributed by atoms with Gasteiger partial charge in [0.1, 0.15) is 18.9 Å². The van der Waals surface area contributed by atoms with Gasteiger partial charge in [-0.05, 0) is 66.8 Å². The quantitative estimate of drug-likeness (QED) is 0.548. The number of rotatable bonds is 9. The number of nitrogens with zero attached hydrogens (tertiary/aromatic N) is 2. The van der Waals surface area contributed by atoms with E-state index in [9.17, 15) is 9.59 Å². The summed E-state index contributed by atoms with van der Waals surface area (Å²) in [6, 6.07) is 9.88. The van der Waals surface area contributed by atoms with E-state index < -0.39 is 0 Å². The van der Waals surface area contributed by atoms with Gasteiger partial charge in [0.15, 0.2) is 0 Å². The van der Waals surface area contributed by atoms with Gasteiger partial charge < -0.3 is 24.6 Å². The molecule has 0 saturated carbocycles. The van der Waals surface area contributed by atoms with Crippen molar-refractivity contribution in [3.63, 3.8) is 0 Å². The molecule has 2 atom stereocenters. The van der Waals surface area contributed by atoms with Crippen molar-refractivity contribution in [2.45, 2.75) is 58.1 Å². The Balaban J connectivity index is 1.47. The van der Waals surface area contributed by atoms with Crippen LogP contribution in [0, 0.1) is 0 Å². The third-order valence-electron chi connectivity index (χ3n) is 6.76. The standard InChI is InChI=1S/C27H37N3O4S/c1-4-28-27(32)29(16-22-6-5-14-33-22)17-26(31)30-13-11-25-23(12-15-35-25)24(30)18-34-21-9-7-20(8-10-21)19(2)3/h7-10,12,15,19,22,24H,4-6,11,13-14,16-18H2,1-3H3,(H,28,32). The molecule has 1 fully saturated rings. The van der Waals surface area contributed by atoms with Crippen LogP contribution in [0.4, 0.5) is 4.79 Å². The fraction of sp³-hybridized carbons (Fsp3) is 0.556. The molecule has 0 radical (unpaired) electrons. The molecule has 3 amide bonds. The molecule has 2 aliphatic heterocycles. The second kappa shape index (κ2) is 11.9. The highest BCUT2D eigenvalue weighted by atomic mass is 32.1. The molecule has 7 nitrogen and oxygen atoms in total. The van der Waals surface area contributed by atoms with E-state index in [0.29, 0.717) is 38.8 Å². The summed E-state index contributed by atoms with van der Waals surface area (Å²) in [5.74, 6) is 1.20. The van der Waals surface area contributed by atoms with Gasteiger partial charge in [-0.15, -0.1) is 11.3 Å². The van der Waals surface area contributed by atoms with Gasteiger partial charge in [0.05, 0.1) is 12.1 Å². The molecule has 0 bridgehead atoms. The summed E-state index contributed by atoms with van der Waals surface area (Å²) < 4.78 is 11.9. The fourth-order valence-electron chi connectivity index (χ4n) is 4.77. The van der Waals surface area contributed by atoms with Crippen molar-refractivity contribution in [3.8, 4) is 5.75 Å². The molecule has 4 rings (SSSR count). The number of carbonyl (C=O) groups is 2. The molecule has 3 heterocycles. The first-order chi connectivity index (χ1) is 17.0. The molecule has 1 aromatic carbocycles. The summed E-state index contributed by atoms with van der Waals surface area (Å²) in [5.41, 5.74) is 2.42. The van der Waals surface area contributed by atoms with Gasteiger partial charge in [-0.25, -0.2) is 4.79 Å². The van der Waals surface area contributed by atoms with E-state index in [1.54, 1.807) is 16.2 Å². The van der Waals surface area contributed by atoms with Gasteiger partial charge in [-0.3, -0.25) is 4.79 Å². The van der Waals surface area contributed by atoms with E-state index in [-0.39, 0.29) is 30.6 Å². The third-order valence-corrected chi connectivity index (χ3v) is 7.76. The molecule has 1 saturated heterocycles. The number of fused-ring (bicyclic) bond motifs is 1. The van der Waals surface area contributed by atoms with E-state index in [0.717, 1.165) is 30.6 Å². The second-order valence-corrected chi connectivity index (χ2v) is 10.5. The number of carbonyl (C=O) groups excluding carboxylic acids is 2. The molecule has 2 aliphatic rings. The van der Waals surface area contributed by atoms with Gasteiger partial charge in [0.25, 0.3) is 0 Å². The number of hydrogen-bond donors (Lipinski definition) is 1. The Morgan fingerprint density at radius 2 is 2.06 bits per heavy atom. The van der Waals surface area contributed by atoms with Crippen LogP contribution in [0.5, 0.6) is 5.75 Å². The molecule has 2 unspecified atom stereocenters. The maximum absolute atomic E-state index is 13.6. The average Bonchev–Trinajstić information content (AvgIpc) is 3.54. The monoisotopic (exact) mass is 499 g/mol. The number of urea groups is 1. The van der Waals surface area contributed by atoms with Crippen molar-refractivity contribution in [2.24, 2.45) is 0 Å². The molecular formula is C27H37N3O4S. The first-order valence-corrected chi connectivity index (χ1v) is 13.6. The van der Waals surface area contributed by atoms with Crippen molar-refractivity contribution in [3.05, 3.63) is 51.7 Å². The minimum absolute atomic E-state index is 0.0109. The molecule has 0 spiro atoms. The van der Waals surface area contributed by atoms with Gasteiger partial charge in [0.2, 0.25) is 5.91 Å². The van der Waals surface area contributed by atoms with Crippen molar-refractivity contribution >= 4 is 23.3 Å². The Hall–Kier alpha value is -2.58. The molecule has 2 aromatic rings. The summed E-state index contributed by atoms with van der Waals surface area (Å²) in [6.07, 6.45) is 2.72. The Kier molecular flexibility index (Phi) is 8.68. The zero-order valence-corrected chi connectivity index (χ0v) is 21.8. The van der Waals surface area contributed by atoms with Gasteiger partial charge >= 0.3 is 6.03 Å². The zero-order chi connectivity index (χ0) is 24.8. The van der Waals surface area contributed by atoms with E-state index in [1.807, 2.05) is 24.0 Å². The maximum atomic E-state index is 13.6. The van der Waals surface area contributed by atoms with Crippen LogP contribution in [-0.4, -0.2) is 67.2 Å².